The Hall–Kier alpha value is -1.55. The second-order valence-electron chi connectivity index (χ2n) is 5.60. The van der Waals surface area contributed by atoms with E-state index < -0.39 is 11.6 Å². The second-order valence-corrected chi connectivity index (χ2v) is 6.41. The fraction of sp³-hybridized carbons (Fsp3) is 0.278. The lowest BCUT2D eigenvalue weighted by Gasteiger charge is -2.37. The van der Waals surface area contributed by atoms with Gasteiger partial charge in [0.2, 0.25) is 0 Å². The second kappa shape index (κ2) is 6.91. The SMILES string of the molecule is O=C(OC1(c2ccccc2)CCNCC1)c1c(Cl)cccc1Cl. The van der Waals surface area contributed by atoms with Gasteiger partial charge in [0.25, 0.3) is 0 Å². The van der Waals surface area contributed by atoms with Crippen LogP contribution in [0.4, 0.5) is 0 Å². The maximum atomic E-state index is 12.7. The normalized spacial score (nSPS) is 16.8. The largest absolute Gasteiger partial charge is 0.450 e. The van der Waals surface area contributed by atoms with Crippen LogP contribution in [-0.4, -0.2) is 19.1 Å². The maximum Gasteiger partial charge on any atom is 0.342 e. The molecule has 1 heterocycles. The zero-order valence-electron chi connectivity index (χ0n) is 12.5. The molecule has 0 atom stereocenters. The first-order valence-corrected chi connectivity index (χ1v) is 8.32. The van der Waals surface area contributed by atoms with Crippen molar-refractivity contribution < 1.29 is 9.53 Å². The summed E-state index contributed by atoms with van der Waals surface area (Å²) in [6.45, 7) is 1.58. The summed E-state index contributed by atoms with van der Waals surface area (Å²) in [5.41, 5.74) is 0.578. The van der Waals surface area contributed by atoms with Crippen molar-refractivity contribution in [3.8, 4) is 0 Å². The number of halogens is 2. The number of rotatable bonds is 3. The van der Waals surface area contributed by atoms with E-state index in [1.54, 1.807) is 18.2 Å². The van der Waals surface area contributed by atoms with E-state index in [4.69, 9.17) is 27.9 Å². The number of esters is 1. The highest BCUT2D eigenvalue weighted by atomic mass is 35.5. The molecule has 1 N–H and O–H groups in total. The molecule has 3 rings (SSSR count). The molecule has 0 aromatic heterocycles. The van der Waals surface area contributed by atoms with Gasteiger partial charge in [0.05, 0.1) is 15.6 Å². The van der Waals surface area contributed by atoms with E-state index in [-0.39, 0.29) is 5.56 Å². The Morgan fingerprint density at radius 1 is 0.957 bits per heavy atom. The molecule has 0 bridgehead atoms. The molecule has 120 valence electrons. The van der Waals surface area contributed by atoms with Gasteiger partial charge in [-0.3, -0.25) is 0 Å². The Bertz CT molecular complexity index is 677. The van der Waals surface area contributed by atoms with Crippen LogP contribution in [0.1, 0.15) is 28.8 Å². The van der Waals surface area contributed by atoms with Crippen molar-refractivity contribution in [2.75, 3.05) is 13.1 Å². The van der Waals surface area contributed by atoms with Crippen LogP contribution in [0.25, 0.3) is 0 Å². The molecule has 1 aliphatic heterocycles. The average Bonchev–Trinajstić information content (AvgIpc) is 2.56. The van der Waals surface area contributed by atoms with Crippen molar-refractivity contribution in [2.45, 2.75) is 18.4 Å². The topological polar surface area (TPSA) is 38.3 Å². The number of hydrogen-bond acceptors (Lipinski definition) is 3. The van der Waals surface area contributed by atoms with Crippen molar-refractivity contribution >= 4 is 29.2 Å². The first kappa shape index (κ1) is 16.3. The molecule has 23 heavy (non-hydrogen) atoms. The standard InChI is InChI=1S/C18H17Cl2NO2/c19-14-7-4-8-15(20)16(14)17(22)23-18(9-11-21-12-10-18)13-5-2-1-3-6-13/h1-8,21H,9-12H2. The minimum atomic E-state index is -0.647. The summed E-state index contributed by atoms with van der Waals surface area (Å²) in [6.07, 6.45) is 1.43. The smallest absolute Gasteiger partial charge is 0.342 e. The van der Waals surface area contributed by atoms with Gasteiger partial charge in [0, 0.05) is 12.8 Å². The van der Waals surface area contributed by atoms with Gasteiger partial charge in [-0.05, 0) is 30.8 Å². The molecular weight excluding hydrogens is 333 g/mol. The fourth-order valence-electron chi connectivity index (χ4n) is 2.94. The zero-order chi connectivity index (χ0) is 16.3. The van der Waals surface area contributed by atoms with Crippen molar-refractivity contribution in [2.24, 2.45) is 0 Å². The molecule has 2 aromatic carbocycles. The molecule has 1 fully saturated rings. The molecule has 1 aliphatic rings. The summed E-state index contributed by atoms with van der Waals surface area (Å²) in [4.78, 5) is 12.7. The summed E-state index contributed by atoms with van der Waals surface area (Å²) in [6, 6.07) is 14.8. The Labute approximate surface area is 145 Å². The first-order valence-electron chi connectivity index (χ1n) is 7.56. The third kappa shape index (κ3) is 3.37. The quantitative estimate of drug-likeness (QED) is 0.833. The van der Waals surface area contributed by atoms with Gasteiger partial charge >= 0.3 is 5.97 Å². The Morgan fingerprint density at radius 3 is 2.17 bits per heavy atom. The number of carbonyl (C=O) groups excluding carboxylic acids is 1. The van der Waals surface area contributed by atoms with E-state index in [0.717, 1.165) is 18.7 Å². The van der Waals surface area contributed by atoms with Crippen LogP contribution in [0.3, 0.4) is 0 Å². The number of hydrogen-bond donors (Lipinski definition) is 1. The van der Waals surface area contributed by atoms with Crippen LogP contribution in [0.15, 0.2) is 48.5 Å². The number of carbonyl (C=O) groups is 1. The number of piperidine rings is 1. The first-order chi connectivity index (χ1) is 11.1. The van der Waals surface area contributed by atoms with Crippen LogP contribution in [-0.2, 0) is 10.3 Å². The average molecular weight is 350 g/mol. The van der Waals surface area contributed by atoms with Crippen LogP contribution in [0.2, 0.25) is 10.0 Å². The third-order valence-electron chi connectivity index (χ3n) is 4.17. The molecule has 0 spiro atoms. The van der Waals surface area contributed by atoms with Crippen LogP contribution in [0, 0.1) is 0 Å². The molecular formula is C18H17Cl2NO2. The molecule has 5 heteroatoms. The van der Waals surface area contributed by atoms with Crippen molar-refractivity contribution in [3.05, 3.63) is 69.7 Å². The van der Waals surface area contributed by atoms with Crippen LogP contribution in [0.5, 0.6) is 0 Å². The van der Waals surface area contributed by atoms with E-state index in [1.807, 2.05) is 30.3 Å². The molecule has 0 amide bonds. The monoisotopic (exact) mass is 349 g/mol. The molecule has 3 nitrogen and oxygen atoms in total. The number of ether oxygens (including phenoxy) is 1. The Morgan fingerprint density at radius 2 is 1.57 bits per heavy atom. The van der Waals surface area contributed by atoms with Crippen LogP contribution >= 0.6 is 23.2 Å². The van der Waals surface area contributed by atoms with Crippen molar-refractivity contribution in [1.82, 2.24) is 5.32 Å². The maximum absolute atomic E-state index is 12.7. The summed E-state index contributed by atoms with van der Waals surface area (Å²) < 4.78 is 5.96. The van der Waals surface area contributed by atoms with E-state index >= 15 is 0 Å². The summed E-state index contributed by atoms with van der Waals surface area (Å²) >= 11 is 12.3. The number of nitrogens with one attached hydrogen (secondary N) is 1. The van der Waals surface area contributed by atoms with Crippen LogP contribution < -0.4 is 5.32 Å². The number of benzene rings is 2. The van der Waals surface area contributed by atoms with Gasteiger partial charge in [0.15, 0.2) is 0 Å². The minimum absolute atomic E-state index is 0.227. The lowest BCUT2D eigenvalue weighted by Crippen LogP contribution is -2.43. The highest BCUT2D eigenvalue weighted by molar-refractivity contribution is 6.39. The molecule has 0 saturated carbocycles. The third-order valence-corrected chi connectivity index (χ3v) is 4.80. The van der Waals surface area contributed by atoms with Gasteiger partial charge < -0.3 is 10.1 Å². The summed E-state index contributed by atoms with van der Waals surface area (Å²) in [5, 5.41) is 3.91. The Balaban J connectivity index is 1.95. The molecule has 0 unspecified atom stereocenters. The molecule has 0 radical (unpaired) electrons. The molecule has 1 saturated heterocycles. The molecule has 2 aromatic rings. The van der Waals surface area contributed by atoms with Crippen molar-refractivity contribution in [3.63, 3.8) is 0 Å². The molecule has 0 aliphatic carbocycles. The predicted molar refractivity (Wildman–Crippen MR) is 92.1 cm³/mol. The summed E-state index contributed by atoms with van der Waals surface area (Å²) in [7, 11) is 0. The van der Waals surface area contributed by atoms with Crippen molar-refractivity contribution in [1.29, 1.82) is 0 Å². The summed E-state index contributed by atoms with van der Waals surface area (Å²) in [5.74, 6) is -0.480. The lowest BCUT2D eigenvalue weighted by molar-refractivity contribution is -0.0378. The van der Waals surface area contributed by atoms with Gasteiger partial charge in [-0.1, -0.05) is 59.6 Å². The van der Waals surface area contributed by atoms with Gasteiger partial charge in [-0.15, -0.1) is 0 Å². The fourth-order valence-corrected chi connectivity index (χ4v) is 3.50. The van der Waals surface area contributed by atoms with Gasteiger partial charge in [0.1, 0.15) is 5.60 Å². The van der Waals surface area contributed by atoms with E-state index in [0.29, 0.717) is 22.9 Å². The lowest BCUT2D eigenvalue weighted by atomic mass is 9.84. The van der Waals surface area contributed by atoms with E-state index in [1.165, 1.54) is 0 Å². The highest BCUT2D eigenvalue weighted by Crippen LogP contribution is 2.37. The van der Waals surface area contributed by atoms with E-state index in [2.05, 4.69) is 5.32 Å². The Kier molecular flexibility index (Phi) is 4.90. The van der Waals surface area contributed by atoms with Gasteiger partial charge in [-0.25, -0.2) is 4.79 Å². The van der Waals surface area contributed by atoms with Gasteiger partial charge in [-0.2, -0.15) is 0 Å². The minimum Gasteiger partial charge on any atom is -0.450 e. The predicted octanol–water partition coefficient (Wildman–Crippen LogP) is 4.43. The highest BCUT2D eigenvalue weighted by Gasteiger charge is 2.38. The van der Waals surface area contributed by atoms with E-state index in [9.17, 15) is 4.79 Å². The zero-order valence-corrected chi connectivity index (χ0v) is 14.0.